The molecule has 0 heterocycles. The van der Waals surface area contributed by atoms with Crippen molar-refractivity contribution in [2.75, 3.05) is 0 Å². The molecule has 0 unspecified atom stereocenters. The number of allylic oxidation sites excluding steroid dienone is 1. The highest BCUT2D eigenvalue weighted by molar-refractivity contribution is 5.92. The highest BCUT2D eigenvalue weighted by Gasteiger charge is 2.60. The van der Waals surface area contributed by atoms with E-state index in [1.165, 1.54) is 18.4 Å². The second kappa shape index (κ2) is 5.04. The van der Waals surface area contributed by atoms with Crippen LogP contribution in [-0.4, -0.2) is 11.6 Å². The van der Waals surface area contributed by atoms with Gasteiger partial charge in [0, 0.05) is 18.3 Å². The van der Waals surface area contributed by atoms with Crippen LogP contribution in [0.15, 0.2) is 11.6 Å². The average molecular weight is 314 g/mol. The molecule has 4 aliphatic rings. The third-order valence-electron chi connectivity index (χ3n) is 8.32. The first-order valence-electron chi connectivity index (χ1n) is 9.68. The Balaban J connectivity index is 1.75. The summed E-state index contributed by atoms with van der Waals surface area (Å²) in [5.74, 6) is 3.40. The molecule has 0 aromatic carbocycles. The third-order valence-corrected chi connectivity index (χ3v) is 8.32. The van der Waals surface area contributed by atoms with Crippen LogP contribution in [0.1, 0.15) is 72.1 Å². The molecule has 6 atom stereocenters. The molecule has 0 saturated heterocycles. The number of hydrogen-bond donors (Lipinski definition) is 0. The minimum Gasteiger partial charge on any atom is -0.299 e. The third kappa shape index (κ3) is 1.99. The Kier molecular flexibility index (Phi) is 3.42. The molecule has 23 heavy (non-hydrogen) atoms. The van der Waals surface area contributed by atoms with Crippen LogP contribution >= 0.6 is 0 Å². The molecule has 0 aromatic rings. The zero-order chi connectivity index (χ0) is 16.4. The second-order valence-electron chi connectivity index (χ2n) is 9.12. The van der Waals surface area contributed by atoms with Gasteiger partial charge in [-0.15, -0.1) is 0 Å². The van der Waals surface area contributed by atoms with Crippen LogP contribution in [0.4, 0.5) is 0 Å². The summed E-state index contributed by atoms with van der Waals surface area (Å²) in [4.78, 5) is 24.5. The molecule has 0 amide bonds. The number of carbonyl (C=O) groups is 2. The van der Waals surface area contributed by atoms with Crippen molar-refractivity contribution in [2.45, 2.75) is 72.1 Å². The lowest BCUT2D eigenvalue weighted by atomic mass is 9.45. The quantitative estimate of drug-likeness (QED) is 0.701. The van der Waals surface area contributed by atoms with Gasteiger partial charge in [0.2, 0.25) is 0 Å². The van der Waals surface area contributed by atoms with Crippen molar-refractivity contribution in [3.63, 3.8) is 0 Å². The molecule has 4 aliphatic carbocycles. The van der Waals surface area contributed by atoms with E-state index in [1.54, 1.807) is 0 Å². The van der Waals surface area contributed by atoms with E-state index in [1.807, 2.05) is 6.08 Å². The normalized spacial score (nSPS) is 49.3. The number of hydrogen-bond acceptors (Lipinski definition) is 2. The maximum Gasteiger partial charge on any atom is 0.155 e. The van der Waals surface area contributed by atoms with E-state index in [9.17, 15) is 9.59 Å². The maximum atomic E-state index is 12.5. The van der Waals surface area contributed by atoms with Crippen LogP contribution in [0.2, 0.25) is 0 Å². The Labute approximate surface area is 140 Å². The van der Waals surface area contributed by atoms with Gasteiger partial charge in [-0.2, -0.15) is 0 Å². The minimum absolute atomic E-state index is 0.0402. The summed E-state index contributed by atoms with van der Waals surface area (Å²) in [6, 6.07) is 0. The maximum absolute atomic E-state index is 12.5. The van der Waals surface area contributed by atoms with Gasteiger partial charge in [-0.3, -0.25) is 9.59 Å². The molecule has 2 nitrogen and oxygen atoms in total. The standard InChI is InChI=1S/C21H30O2/c1-4-13-11-15-16-5-6-19(23)21(16,3)10-8-17(15)20(2)9-7-14(22)12-18(13)20/h12-13,15-17H,4-11H2,1-3H3/t13-,15-,16-,17-,20+,21-/m0/s1. The number of fused-ring (bicyclic) bond motifs is 5. The van der Waals surface area contributed by atoms with E-state index in [0.29, 0.717) is 35.2 Å². The molecule has 0 radical (unpaired) electrons. The van der Waals surface area contributed by atoms with Crippen molar-refractivity contribution >= 4 is 11.6 Å². The van der Waals surface area contributed by atoms with Gasteiger partial charge in [0.15, 0.2) is 5.78 Å². The van der Waals surface area contributed by atoms with Crippen LogP contribution in [0, 0.1) is 34.5 Å². The lowest BCUT2D eigenvalue weighted by Crippen LogP contribution is -2.52. The van der Waals surface area contributed by atoms with Crippen LogP contribution in [0.5, 0.6) is 0 Å². The van der Waals surface area contributed by atoms with Gasteiger partial charge in [0.25, 0.3) is 0 Å². The van der Waals surface area contributed by atoms with Gasteiger partial charge in [-0.25, -0.2) is 0 Å². The molecule has 0 aromatic heterocycles. The zero-order valence-electron chi connectivity index (χ0n) is 14.9. The summed E-state index contributed by atoms with van der Waals surface area (Å²) in [5, 5.41) is 0. The first-order valence-corrected chi connectivity index (χ1v) is 9.68. The van der Waals surface area contributed by atoms with Crippen LogP contribution in [0.3, 0.4) is 0 Å². The summed E-state index contributed by atoms with van der Waals surface area (Å²) < 4.78 is 0. The smallest absolute Gasteiger partial charge is 0.155 e. The molecule has 126 valence electrons. The van der Waals surface area contributed by atoms with E-state index in [0.717, 1.165) is 38.5 Å². The van der Waals surface area contributed by atoms with Crippen molar-refractivity contribution in [3.05, 3.63) is 11.6 Å². The Morgan fingerprint density at radius 1 is 1.04 bits per heavy atom. The summed E-state index contributed by atoms with van der Waals surface area (Å²) in [7, 11) is 0. The fraction of sp³-hybridized carbons (Fsp3) is 0.810. The molecular formula is C21H30O2. The number of ketones is 2. The Morgan fingerprint density at radius 3 is 2.52 bits per heavy atom. The molecule has 3 saturated carbocycles. The highest BCUT2D eigenvalue weighted by Crippen LogP contribution is 2.65. The van der Waals surface area contributed by atoms with Gasteiger partial charge in [-0.05, 0) is 73.7 Å². The van der Waals surface area contributed by atoms with Gasteiger partial charge >= 0.3 is 0 Å². The van der Waals surface area contributed by atoms with Crippen molar-refractivity contribution < 1.29 is 9.59 Å². The molecule has 0 aliphatic heterocycles. The Morgan fingerprint density at radius 2 is 1.78 bits per heavy atom. The van der Waals surface area contributed by atoms with E-state index in [-0.39, 0.29) is 10.8 Å². The monoisotopic (exact) mass is 314 g/mol. The molecule has 3 fully saturated rings. The molecule has 2 heteroatoms. The van der Waals surface area contributed by atoms with Crippen molar-refractivity contribution in [3.8, 4) is 0 Å². The van der Waals surface area contributed by atoms with E-state index in [4.69, 9.17) is 0 Å². The molecule has 0 bridgehead atoms. The van der Waals surface area contributed by atoms with Gasteiger partial charge in [0.05, 0.1) is 0 Å². The summed E-state index contributed by atoms with van der Waals surface area (Å²) in [6.45, 7) is 6.96. The molecule has 0 N–H and O–H groups in total. The average Bonchev–Trinajstić information content (AvgIpc) is 2.83. The number of Topliss-reactive ketones (excluding diaryl/α,β-unsaturated/α-hetero) is 1. The predicted molar refractivity (Wildman–Crippen MR) is 90.9 cm³/mol. The fourth-order valence-corrected chi connectivity index (χ4v) is 6.94. The van der Waals surface area contributed by atoms with Gasteiger partial charge < -0.3 is 0 Å². The van der Waals surface area contributed by atoms with E-state index < -0.39 is 0 Å². The summed E-state index contributed by atoms with van der Waals surface area (Å²) in [5.41, 5.74) is 1.64. The van der Waals surface area contributed by atoms with E-state index >= 15 is 0 Å². The largest absolute Gasteiger partial charge is 0.299 e. The van der Waals surface area contributed by atoms with Crippen LogP contribution in [-0.2, 0) is 9.59 Å². The lowest BCUT2D eigenvalue weighted by molar-refractivity contribution is -0.133. The summed E-state index contributed by atoms with van der Waals surface area (Å²) in [6.07, 6.45) is 10.3. The predicted octanol–water partition coefficient (Wildman–Crippen LogP) is 4.72. The second-order valence-corrected chi connectivity index (χ2v) is 9.12. The highest BCUT2D eigenvalue weighted by atomic mass is 16.1. The van der Waals surface area contributed by atoms with Gasteiger partial charge in [-0.1, -0.05) is 26.3 Å². The number of carbonyl (C=O) groups excluding carboxylic acids is 2. The summed E-state index contributed by atoms with van der Waals surface area (Å²) >= 11 is 0. The SMILES string of the molecule is CC[C@H]1C[C@@H]2[C@H](CC[C@]3(C)C(=O)CC[C@@H]23)[C@@]2(C)CCC(=O)C=C12. The Hall–Kier alpha value is -0.920. The molecule has 4 rings (SSSR count). The van der Waals surface area contributed by atoms with Crippen molar-refractivity contribution in [2.24, 2.45) is 34.5 Å². The minimum atomic E-state index is -0.0402. The molecule has 0 spiro atoms. The first kappa shape index (κ1) is 15.6. The fourth-order valence-electron chi connectivity index (χ4n) is 6.94. The zero-order valence-corrected chi connectivity index (χ0v) is 14.9. The van der Waals surface area contributed by atoms with E-state index in [2.05, 4.69) is 20.8 Å². The Bertz CT molecular complexity index is 589. The number of rotatable bonds is 1. The van der Waals surface area contributed by atoms with Crippen molar-refractivity contribution in [1.82, 2.24) is 0 Å². The lowest BCUT2D eigenvalue weighted by Gasteiger charge is -2.59. The first-order chi connectivity index (χ1) is 10.9. The van der Waals surface area contributed by atoms with Crippen molar-refractivity contribution in [1.29, 1.82) is 0 Å². The van der Waals surface area contributed by atoms with Crippen LogP contribution < -0.4 is 0 Å². The van der Waals surface area contributed by atoms with Crippen LogP contribution in [0.25, 0.3) is 0 Å². The molecular weight excluding hydrogens is 284 g/mol. The topological polar surface area (TPSA) is 34.1 Å². The van der Waals surface area contributed by atoms with Gasteiger partial charge in [0.1, 0.15) is 5.78 Å².